The number of hydrogen-bond donors (Lipinski definition) is 0. The van der Waals surface area contributed by atoms with Crippen molar-refractivity contribution in [2.24, 2.45) is 0 Å². The molecular weight excluding hydrogens is 382 g/mol. The standard InChI is InChI=1S/C22H29N5OS/c1-2-8-24-9-15-27(16-10-24)22(28)20-18-29-21(23-20)17-25-11-13-26(14-12-25)19-6-4-3-5-7-19/h2-7,18H,1,8-17H2. The molecule has 2 aliphatic heterocycles. The number of aromatic nitrogens is 1. The maximum absolute atomic E-state index is 12.8. The first-order chi connectivity index (χ1) is 14.2. The Kier molecular flexibility index (Phi) is 6.59. The molecule has 1 aromatic carbocycles. The fraction of sp³-hybridized carbons (Fsp3) is 0.455. The summed E-state index contributed by atoms with van der Waals surface area (Å²) in [5, 5.41) is 2.96. The van der Waals surface area contributed by atoms with Gasteiger partial charge in [-0.1, -0.05) is 24.3 Å². The van der Waals surface area contributed by atoms with Crippen LogP contribution in [0.25, 0.3) is 0 Å². The van der Waals surface area contributed by atoms with Crippen LogP contribution in [0.4, 0.5) is 5.69 Å². The van der Waals surface area contributed by atoms with Gasteiger partial charge in [0.05, 0.1) is 6.54 Å². The van der Waals surface area contributed by atoms with E-state index in [1.807, 2.05) is 16.4 Å². The van der Waals surface area contributed by atoms with Crippen LogP contribution in [0.1, 0.15) is 15.5 Å². The molecule has 0 saturated carbocycles. The summed E-state index contributed by atoms with van der Waals surface area (Å²) in [6.45, 7) is 12.9. The number of piperazine rings is 2. The number of hydrogen-bond acceptors (Lipinski definition) is 6. The van der Waals surface area contributed by atoms with Crippen LogP contribution in [0.5, 0.6) is 0 Å². The third-order valence-corrected chi connectivity index (χ3v) is 6.50. The van der Waals surface area contributed by atoms with Crippen molar-refractivity contribution >= 4 is 22.9 Å². The first-order valence-electron chi connectivity index (χ1n) is 10.3. The second-order valence-corrected chi connectivity index (χ2v) is 8.55. The fourth-order valence-corrected chi connectivity index (χ4v) is 4.76. The summed E-state index contributed by atoms with van der Waals surface area (Å²) in [6, 6.07) is 10.6. The number of nitrogens with zero attached hydrogens (tertiary/aromatic N) is 5. The molecule has 1 aromatic heterocycles. The highest BCUT2D eigenvalue weighted by atomic mass is 32.1. The van der Waals surface area contributed by atoms with Crippen molar-refractivity contribution < 1.29 is 4.79 Å². The van der Waals surface area contributed by atoms with E-state index in [9.17, 15) is 4.79 Å². The van der Waals surface area contributed by atoms with Gasteiger partial charge < -0.3 is 9.80 Å². The van der Waals surface area contributed by atoms with Crippen LogP contribution >= 0.6 is 11.3 Å². The molecule has 0 spiro atoms. The predicted octanol–water partition coefficient (Wildman–Crippen LogP) is 2.41. The maximum atomic E-state index is 12.8. The van der Waals surface area contributed by atoms with E-state index in [-0.39, 0.29) is 5.91 Å². The van der Waals surface area contributed by atoms with Gasteiger partial charge in [-0.25, -0.2) is 4.98 Å². The van der Waals surface area contributed by atoms with Crippen LogP contribution in [0.2, 0.25) is 0 Å². The Balaban J connectivity index is 1.26. The van der Waals surface area contributed by atoms with Crippen molar-refractivity contribution in [1.29, 1.82) is 0 Å². The highest BCUT2D eigenvalue weighted by Gasteiger charge is 2.24. The van der Waals surface area contributed by atoms with Crippen molar-refractivity contribution in [2.75, 3.05) is 63.8 Å². The molecule has 154 valence electrons. The van der Waals surface area contributed by atoms with Crippen LogP contribution in [0.3, 0.4) is 0 Å². The number of amides is 1. The van der Waals surface area contributed by atoms with Gasteiger partial charge in [0, 0.05) is 70.0 Å². The number of thiazole rings is 1. The quantitative estimate of drug-likeness (QED) is 0.683. The minimum absolute atomic E-state index is 0.0691. The highest BCUT2D eigenvalue weighted by molar-refractivity contribution is 7.09. The van der Waals surface area contributed by atoms with Gasteiger partial charge in [-0.3, -0.25) is 14.6 Å². The van der Waals surface area contributed by atoms with Crippen molar-refractivity contribution in [1.82, 2.24) is 19.7 Å². The van der Waals surface area contributed by atoms with Gasteiger partial charge in [-0.2, -0.15) is 0 Å². The molecule has 29 heavy (non-hydrogen) atoms. The zero-order valence-corrected chi connectivity index (χ0v) is 17.7. The first kappa shape index (κ1) is 20.1. The summed E-state index contributed by atoms with van der Waals surface area (Å²) in [4.78, 5) is 26.5. The van der Waals surface area contributed by atoms with Crippen molar-refractivity contribution in [3.63, 3.8) is 0 Å². The molecule has 2 aliphatic rings. The molecule has 7 heteroatoms. The SMILES string of the molecule is C=CCN1CCN(C(=O)c2csc(CN3CCN(c4ccccc4)CC3)n2)CC1. The number of anilines is 1. The van der Waals surface area contributed by atoms with E-state index in [2.05, 4.69) is 56.6 Å². The lowest BCUT2D eigenvalue weighted by molar-refractivity contribution is 0.0645. The number of rotatable bonds is 6. The maximum Gasteiger partial charge on any atom is 0.273 e. The third kappa shape index (κ3) is 5.04. The lowest BCUT2D eigenvalue weighted by atomic mass is 10.2. The van der Waals surface area contributed by atoms with Gasteiger partial charge in [0.15, 0.2) is 0 Å². The second kappa shape index (κ2) is 9.52. The normalized spacial score (nSPS) is 18.8. The molecule has 0 radical (unpaired) electrons. The zero-order valence-electron chi connectivity index (χ0n) is 16.9. The third-order valence-electron chi connectivity index (χ3n) is 5.67. The highest BCUT2D eigenvalue weighted by Crippen LogP contribution is 2.19. The average Bonchev–Trinajstić information content (AvgIpc) is 3.24. The molecule has 4 rings (SSSR count). The van der Waals surface area contributed by atoms with Gasteiger partial charge in [0.2, 0.25) is 0 Å². The van der Waals surface area contributed by atoms with Crippen molar-refractivity contribution in [3.05, 3.63) is 59.1 Å². The van der Waals surface area contributed by atoms with Crippen LogP contribution in [0.15, 0.2) is 48.4 Å². The Hall–Kier alpha value is -2.22. The molecule has 0 aliphatic carbocycles. The molecule has 6 nitrogen and oxygen atoms in total. The summed E-state index contributed by atoms with van der Waals surface area (Å²) < 4.78 is 0. The van der Waals surface area contributed by atoms with E-state index in [1.54, 1.807) is 11.3 Å². The molecule has 0 unspecified atom stereocenters. The van der Waals surface area contributed by atoms with E-state index in [0.29, 0.717) is 5.69 Å². The molecular formula is C22H29N5OS. The monoisotopic (exact) mass is 411 g/mol. The van der Waals surface area contributed by atoms with Crippen molar-refractivity contribution in [3.8, 4) is 0 Å². The van der Waals surface area contributed by atoms with Crippen molar-refractivity contribution in [2.45, 2.75) is 6.54 Å². The largest absolute Gasteiger partial charge is 0.369 e. The van der Waals surface area contributed by atoms with E-state index in [0.717, 1.165) is 70.5 Å². The molecule has 2 fully saturated rings. The molecule has 0 bridgehead atoms. The van der Waals surface area contributed by atoms with E-state index >= 15 is 0 Å². The number of carbonyl (C=O) groups is 1. The Morgan fingerprint density at radius 2 is 1.69 bits per heavy atom. The zero-order chi connectivity index (χ0) is 20.1. The summed E-state index contributed by atoms with van der Waals surface area (Å²) in [5.41, 5.74) is 1.90. The Morgan fingerprint density at radius 1 is 1.00 bits per heavy atom. The Labute approximate surface area is 177 Å². The first-order valence-corrected chi connectivity index (χ1v) is 11.2. The van der Waals surface area contributed by atoms with Gasteiger partial charge in [0.25, 0.3) is 5.91 Å². The molecule has 1 amide bonds. The lowest BCUT2D eigenvalue weighted by Gasteiger charge is -2.35. The minimum Gasteiger partial charge on any atom is -0.369 e. The molecule has 0 N–H and O–H groups in total. The smallest absolute Gasteiger partial charge is 0.273 e. The lowest BCUT2D eigenvalue weighted by Crippen LogP contribution is -2.48. The summed E-state index contributed by atoms with van der Waals surface area (Å²) in [5.74, 6) is 0.0691. The second-order valence-electron chi connectivity index (χ2n) is 7.61. The van der Waals surface area contributed by atoms with Crippen LogP contribution in [-0.4, -0.2) is 84.5 Å². The van der Waals surface area contributed by atoms with E-state index in [1.165, 1.54) is 5.69 Å². The molecule has 0 atom stereocenters. The fourth-order valence-electron chi connectivity index (χ4n) is 3.95. The topological polar surface area (TPSA) is 42.9 Å². The average molecular weight is 412 g/mol. The summed E-state index contributed by atoms with van der Waals surface area (Å²) in [7, 11) is 0. The summed E-state index contributed by atoms with van der Waals surface area (Å²) >= 11 is 1.60. The van der Waals surface area contributed by atoms with Crippen LogP contribution < -0.4 is 4.90 Å². The van der Waals surface area contributed by atoms with Crippen LogP contribution in [0, 0.1) is 0 Å². The van der Waals surface area contributed by atoms with E-state index < -0.39 is 0 Å². The number of carbonyl (C=O) groups excluding carboxylic acids is 1. The Morgan fingerprint density at radius 3 is 2.38 bits per heavy atom. The molecule has 2 saturated heterocycles. The molecule has 2 aromatic rings. The Bertz CT molecular complexity index is 808. The van der Waals surface area contributed by atoms with Gasteiger partial charge in [0.1, 0.15) is 10.7 Å². The van der Waals surface area contributed by atoms with Gasteiger partial charge >= 0.3 is 0 Å². The summed E-state index contributed by atoms with van der Waals surface area (Å²) in [6.07, 6.45) is 1.92. The van der Waals surface area contributed by atoms with E-state index in [4.69, 9.17) is 0 Å². The number of para-hydroxylation sites is 1. The molecule has 3 heterocycles. The van der Waals surface area contributed by atoms with Crippen LogP contribution in [-0.2, 0) is 6.54 Å². The van der Waals surface area contributed by atoms with Gasteiger partial charge in [-0.15, -0.1) is 17.9 Å². The number of benzene rings is 1. The predicted molar refractivity (Wildman–Crippen MR) is 119 cm³/mol. The van der Waals surface area contributed by atoms with Gasteiger partial charge in [-0.05, 0) is 12.1 Å². The minimum atomic E-state index is 0.0691.